The van der Waals surface area contributed by atoms with Gasteiger partial charge in [-0.15, -0.1) is 0 Å². The highest BCUT2D eigenvalue weighted by Crippen LogP contribution is 2.33. The van der Waals surface area contributed by atoms with Crippen molar-refractivity contribution in [2.45, 2.75) is 51.5 Å². The first kappa shape index (κ1) is 22.3. The molecule has 0 bridgehead atoms. The van der Waals surface area contributed by atoms with E-state index in [4.69, 9.17) is 0 Å². The van der Waals surface area contributed by atoms with E-state index in [1.54, 1.807) is 27.8 Å². The maximum Gasteiger partial charge on any atom is 0.392 e. The van der Waals surface area contributed by atoms with Crippen molar-refractivity contribution in [3.05, 3.63) is 18.0 Å². The lowest BCUT2D eigenvalue weighted by Crippen LogP contribution is -2.30. The molecule has 1 heterocycles. The van der Waals surface area contributed by atoms with Gasteiger partial charge in [-0.05, 0) is 27.7 Å². The average Bonchev–Trinajstić information content (AvgIpc) is 2.90. The third kappa shape index (κ3) is 6.89. The van der Waals surface area contributed by atoms with Crippen LogP contribution in [0.1, 0.15) is 46.1 Å². The van der Waals surface area contributed by atoms with Crippen molar-refractivity contribution >= 4 is 22.7 Å². The lowest BCUT2D eigenvalue weighted by Gasteiger charge is -2.21. The number of ether oxygens (including phenoxy) is 1. The molecular weight excluding hydrogens is 371 g/mol. The van der Waals surface area contributed by atoms with Gasteiger partial charge in [-0.25, -0.2) is 4.21 Å². The smallest absolute Gasteiger partial charge is 0.392 e. The number of aromatic nitrogens is 2. The molecule has 0 spiro atoms. The second-order valence-electron chi connectivity index (χ2n) is 6.75. The van der Waals surface area contributed by atoms with Crippen LogP contribution in [-0.4, -0.2) is 43.2 Å². The molecule has 1 aromatic rings. The molecule has 0 radical (unpaired) electrons. The van der Waals surface area contributed by atoms with Gasteiger partial charge in [0.1, 0.15) is 11.0 Å². The van der Waals surface area contributed by atoms with Crippen molar-refractivity contribution < 1.29 is 26.9 Å². The monoisotopic (exact) mass is 395 g/mol. The Balaban J connectivity index is 3.21. The predicted molar refractivity (Wildman–Crippen MR) is 93.1 cm³/mol. The molecule has 0 aliphatic carbocycles. The molecule has 1 aromatic heterocycles. The van der Waals surface area contributed by atoms with Gasteiger partial charge in [0.15, 0.2) is 0 Å². The fraction of sp³-hybridized carbons (Fsp3) is 0.688. The maximum absolute atomic E-state index is 13.4. The third-order valence-electron chi connectivity index (χ3n) is 3.38. The van der Waals surface area contributed by atoms with E-state index in [-0.39, 0.29) is 12.3 Å². The molecule has 1 rings (SSSR count). The zero-order valence-electron chi connectivity index (χ0n) is 15.5. The van der Waals surface area contributed by atoms with Gasteiger partial charge in [0.05, 0.1) is 35.6 Å². The van der Waals surface area contributed by atoms with Gasteiger partial charge in [0, 0.05) is 25.2 Å². The highest BCUT2D eigenvalue weighted by molar-refractivity contribution is 7.85. The van der Waals surface area contributed by atoms with Crippen LogP contribution in [0.25, 0.3) is 0 Å². The van der Waals surface area contributed by atoms with Crippen molar-refractivity contribution in [1.29, 1.82) is 0 Å². The summed E-state index contributed by atoms with van der Waals surface area (Å²) >= 11 is 0. The Hall–Kier alpha value is -1.71. The summed E-state index contributed by atoms with van der Waals surface area (Å²) < 4.78 is 61.9. The first-order valence-corrected chi connectivity index (χ1v) is 9.16. The third-order valence-corrected chi connectivity index (χ3v) is 4.81. The minimum atomic E-state index is -4.63. The number of esters is 1. The predicted octanol–water partition coefficient (Wildman–Crippen LogP) is 3.19. The maximum atomic E-state index is 13.4. The molecule has 10 heteroatoms. The molecule has 0 N–H and O–H groups in total. The average molecular weight is 395 g/mol. The Morgan fingerprint density at radius 1 is 1.35 bits per heavy atom. The number of carbonyl (C=O) groups excluding carboxylic acids is 1. The van der Waals surface area contributed by atoms with Crippen LogP contribution in [0.5, 0.6) is 0 Å². The minimum absolute atomic E-state index is 0.000995. The Bertz CT molecular complexity index is 678. The van der Waals surface area contributed by atoms with E-state index in [9.17, 15) is 22.2 Å². The van der Waals surface area contributed by atoms with Gasteiger partial charge in [0.25, 0.3) is 0 Å². The second-order valence-corrected chi connectivity index (χ2v) is 8.66. The van der Waals surface area contributed by atoms with E-state index in [2.05, 4.69) is 14.2 Å². The van der Waals surface area contributed by atoms with E-state index in [1.807, 2.05) is 0 Å². The number of nitrogens with zero attached hydrogens (tertiary/aromatic N) is 3. The molecule has 0 saturated heterocycles. The molecule has 0 saturated carbocycles. The molecule has 0 unspecified atom stereocenters. The first-order valence-electron chi connectivity index (χ1n) is 8.05. The molecule has 0 aromatic carbocycles. The number of hydrogen-bond donors (Lipinski definition) is 0. The Labute approximate surface area is 153 Å². The zero-order valence-corrected chi connectivity index (χ0v) is 16.3. The number of hydrogen-bond acceptors (Lipinski definition) is 4. The number of halogens is 3. The molecule has 0 fully saturated rings. The van der Waals surface area contributed by atoms with Crippen molar-refractivity contribution in [1.82, 2.24) is 9.78 Å². The molecule has 2 atom stereocenters. The number of alkyl halides is 3. The highest BCUT2D eigenvalue weighted by atomic mass is 32.2. The van der Waals surface area contributed by atoms with Crippen LogP contribution in [0.15, 0.2) is 16.8 Å². The van der Waals surface area contributed by atoms with Gasteiger partial charge in [-0.2, -0.15) is 22.7 Å². The quantitative estimate of drug-likeness (QED) is 0.525. The van der Waals surface area contributed by atoms with Crippen molar-refractivity contribution in [2.24, 2.45) is 17.4 Å². The lowest BCUT2D eigenvalue weighted by atomic mass is 9.95. The molecular formula is C16H24F3N3O3S. The van der Waals surface area contributed by atoms with Gasteiger partial charge in [-0.3, -0.25) is 9.48 Å². The van der Waals surface area contributed by atoms with E-state index in [1.165, 1.54) is 24.0 Å². The minimum Gasteiger partial charge on any atom is -0.466 e. The van der Waals surface area contributed by atoms with Crippen LogP contribution < -0.4 is 0 Å². The summed E-state index contributed by atoms with van der Waals surface area (Å²) in [5.41, 5.74) is 0.334. The Morgan fingerprint density at radius 2 is 1.96 bits per heavy atom. The first-order chi connectivity index (χ1) is 11.8. The van der Waals surface area contributed by atoms with Gasteiger partial charge >= 0.3 is 12.1 Å². The fourth-order valence-corrected chi connectivity index (χ4v) is 2.63. The largest absolute Gasteiger partial charge is 0.466 e. The molecule has 0 aliphatic heterocycles. The van der Waals surface area contributed by atoms with Crippen molar-refractivity contribution in [3.8, 4) is 0 Å². The SMILES string of the molecule is CCOC(=O)C[C@H](CC(=N[S@](=O)C(C)(C)C)c1cnn(C)c1)C(F)(F)F. The second kappa shape index (κ2) is 8.79. The number of aryl methyl sites for hydroxylation is 1. The Kier molecular flexibility index (Phi) is 7.55. The Morgan fingerprint density at radius 3 is 2.38 bits per heavy atom. The van der Waals surface area contributed by atoms with E-state index in [0.717, 1.165) is 0 Å². The van der Waals surface area contributed by atoms with E-state index >= 15 is 0 Å². The van der Waals surface area contributed by atoms with Crippen molar-refractivity contribution in [3.63, 3.8) is 0 Å². The zero-order chi connectivity index (χ0) is 20.1. The summed E-state index contributed by atoms with van der Waals surface area (Å²) in [5.74, 6) is -2.92. The lowest BCUT2D eigenvalue weighted by molar-refractivity contribution is -0.182. The summed E-state index contributed by atoms with van der Waals surface area (Å²) in [6.45, 7) is 6.55. The van der Waals surface area contributed by atoms with Gasteiger partial charge in [-0.1, -0.05) is 0 Å². The highest BCUT2D eigenvalue weighted by Gasteiger charge is 2.42. The summed E-state index contributed by atoms with van der Waals surface area (Å²) in [5, 5.41) is 3.93. The number of carbonyl (C=O) groups is 1. The topological polar surface area (TPSA) is 73.6 Å². The van der Waals surface area contributed by atoms with Gasteiger partial charge < -0.3 is 4.74 Å². The van der Waals surface area contributed by atoms with Crippen LogP contribution in [-0.2, 0) is 27.6 Å². The number of rotatable bonds is 7. The molecule has 0 aliphatic rings. The molecule has 0 amide bonds. The molecule has 26 heavy (non-hydrogen) atoms. The summed E-state index contributed by atoms with van der Waals surface area (Å²) in [6, 6.07) is 0. The molecule has 6 nitrogen and oxygen atoms in total. The van der Waals surface area contributed by atoms with E-state index < -0.39 is 46.6 Å². The fourth-order valence-electron chi connectivity index (χ4n) is 1.97. The van der Waals surface area contributed by atoms with Crippen LogP contribution in [0, 0.1) is 5.92 Å². The van der Waals surface area contributed by atoms with Crippen LogP contribution in [0.4, 0.5) is 13.2 Å². The summed E-state index contributed by atoms with van der Waals surface area (Å²) in [7, 11) is -0.138. The normalized spacial score (nSPS) is 15.6. The van der Waals surface area contributed by atoms with Crippen molar-refractivity contribution in [2.75, 3.05) is 6.61 Å². The summed E-state index contributed by atoms with van der Waals surface area (Å²) in [6.07, 6.45) is -3.18. The van der Waals surface area contributed by atoms with Gasteiger partial charge in [0.2, 0.25) is 0 Å². The van der Waals surface area contributed by atoms with E-state index in [0.29, 0.717) is 5.56 Å². The summed E-state index contributed by atoms with van der Waals surface area (Å²) in [4.78, 5) is 11.6. The van der Waals surface area contributed by atoms with Crippen LogP contribution in [0.3, 0.4) is 0 Å². The van der Waals surface area contributed by atoms with Crippen LogP contribution in [0.2, 0.25) is 0 Å². The van der Waals surface area contributed by atoms with Crippen LogP contribution >= 0.6 is 0 Å². The standard InChI is InChI=1S/C16H24F3N3O3S/c1-6-25-14(23)8-12(16(17,18)19)7-13(11-9-20-22(5)10-11)21-26(24)15(2,3)4/h9-10,12H,6-8H2,1-5H3/t12-,26+/m0/s1. The molecule has 148 valence electrons.